The molecule has 1 aliphatic heterocycles. The normalized spacial score (nSPS) is 21.5. The third kappa shape index (κ3) is 6.76. The van der Waals surface area contributed by atoms with E-state index < -0.39 is 8.32 Å². The standard InChI is InChI=1S/C32H42O3SSi/c1-25(24-33)30-22-26(23-31(35-30)36-27-14-8-5-9-15-27)20-21-34-37(32(2,3)4,28-16-10-6-11-17-28)29-18-12-7-13-19-29/h5-19,25-26,30-31,33H,20-24H2,1-4H3/t25-,26-,30-,31+/m1/s1. The molecule has 4 atom stereocenters. The van der Waals surface area contributed by atoms with Gasteiger partial charge in [-0.1, -0.05) is 118 Å². The summed E-state index contributed by atoms with van der Waals surface area (Å²) in [6, 6.07) is 32.2. The van der Waals surface area contributed by atoms with Crippen molar-refractivity contribution in [2.24, 2.45) is 11.8 Å². The Morgan fingerprint density at radius 1 is 0.892 bits per heavy atom. The first-order valence-corrected chi connectivity index (χ1v) is 16.4. The molecule has 3 aromatic rings. The Morgan fingerprint density at radius 3 is 1.95 bits per heavy atom. The summed E-state index contributed by atoms with van der Waals surface area (Å²) in [4.78, 5) is 1.23. The predicted octanol–water partition coefficient (Wildman–Crippen LogP) is 6.50. The molecule has 0 radical (unpaired) electrons. The minimum Gasteiger partial charge on any atom is -0.407 e. The second-order valence-electron chi connectivity index (χ2n) is 11.3. The van der Waals surface area contributed by atoms with Gasteiger partial charge in [-0.25, -0.2) is 0 Å². The highest BCUT2D eigenvalue weighted by atomic mass is 32.2. The van der Waals surface area contributed by atoms with Crippen LogP contribution in [0.1, 0.15) is 47.0 Å². The van der Waals surface area contributed by atoms with Crippen molar-refractivity contribution < 1.29 is 14.3 Å². The monoisotopic (exact) mass is 534 g/mol. The second-order valence-corrected chi connectivity index (χ2v) is 16.9. The zero-order chi connectivity index (χ0) is 26.3. The molecule has 3 aromatic carbocycles. The highest BCUT2D eigenvalue weighted by molar-refractivity contribution is 7.99. The molecule has 0 unspecified atom stereocenters. The molecule has 0 saturated carbocycles. The van der Waals surface area contributed by atoms with Crippen LogP contribution < -0.4 is 10.4 Å². The molecule has 1 fully saturated rings. The van der Waals surface area contributed by atoms with Gasteiger partial charge >= 0.3 is 0 Å². The number of hydrogen-bond acceptors (Lipinski definition) is 4. The van der Waals surface area contributed by atoms with Gasteiger partial charge in [0.1, 0.15) is 5.44 Å². The number of thioether (sulfide) groups is 1. The molecular weight excluding hydrogens is 493 g/mol. The van der Waals surface area contributed by atoms with Crippen molar-refractivity contribution >= 4 is 30.5 Å². The number of aliphatic hydroxyl groups is 1. The maximum atomic E-state index is 9.87. The van der Waals surface area contributed by atoms with Gasteiger partial charge in [-0.15, -0.1) is 0 Å². The van der Waals surface area contributed by atoms with E-state index in [-0.39, 0.29) is 29.1 Å². The van der Waals surface area contributed by atoms with E-state index in [1.54, 1.807) is 11.8 Å². The van der Waals surface area contributed by atoms with Gasteiger partial charge in [0, 0.05) is 24.0 Å². The van der Waals surface area contributed by atoms with E-state index in [4.69, 9.17) is 9.16 Å². The lowest BCUT2D eigenvalue weighted by Crippen LogP contribution is -2.66. The van der Waals surface area contributed by atoms with Crippen LogP contribution >= 0.6 is 11.8 Å². The van der Waals surface area contributed by atoms with Gasteiger partial charge in [0.15, 0.2) is 0 Å². The van der Waals surface area contributed by atoms with Gasteiger partial charge in [-0.05, 0) is 52.7 Å². The highest BCUT2D eigenvalue weighted by Gasteiger charge is 2.50. The Morgan fingerprint density at radius 2 is 1.43 bits per heavy atom. The third-order valence-electron chi connectivity index (χ3n) is 7.61. The Labute approximate surface area is 228 Å². The molecule has 5 heteroatoms. The number of ether oxygens (including phenoxy) is 1. The van der Waals surface area contributed by atoms with Gasteiger partial charge in [0.25, 0.3) is 8.32 Å². The van der Waals surface area contributed by atoms with Crippen molar-refractivity contribution in [2.45, 2.75) is 68.4 Å². The van der Waals surface area contributed by atoms with Crippen molar-refractivity contribution in [2.75, 3.05) is 13.2 Å². The van der Waals surface area contributed by atoms with Gasteiger partial charge in [-0.3, -0.25) is 0 Å². The third-order valence-corrected chi connectivity index (χ3v) is 13.8. The van der Waals surface area contributed by atoms with Gasteiger partial charge in [-0.2, -0.15) is 0 Å². The lowest BCUT2D eigenvalue weighted by Gasteiger charge is -2.43. The molecule has 0 amide bonds. The van der Waals surface area contributed by atoms with E-state index in [0.29, 0.717) is 5.92 Å². The summed E-state index contributed by atoms with van der Waals surface area (Å²) in [6.07, 6.45) is 3.03. The van der Waals surface area contributed by atoms with Crippen LogP contribution in [0.4, 0.5) is 0 Å². The molecule has 37 heavy (non-hydrogen) atoms. The van der Waals surface area contributed by atoms with Crippen LogP contribution in [0.25, 0.3) is 0 Å². The Balaban J connectivity index is 1.54. The van der Waals surface area contributed by atoms with Crippen LogP contribution in [0.5, 0.6) is 0 Å². The molecule has 0 aromatic heterocycles. The average Bonchev–Trinajstić information content (AvgIpc) is 2.91. The number of rotatable bonds is 10. The van der Waals surface area contributed by atoms with Crippen molar-refractivity contribution in [3.8, 4) is 0 Å². The van der Waals surface area contributed by atoms with Crippen molar-refractivity contribution in [1.82, 2.24) is 0 Å². The van der Waals surface area contributed by atoms with Gasteiger partial charge < -0.3 is 14.3 Å². The zero-order valence-electron chi connectivity index (χ0n) is 22.7. The molecular formula is C32H42O3SSi. The smallest absolute Gasteiger partial charge is 0.261 e. The molecule has 0 aliphatic carbocycles. The highest BCUT2D eigenvalue weighted by Crippen LogP contribution is 2.40. The second kappa shape index (κ2) is 12.8. The van der Waals surface area contributed by atoms with E-state index >= 15 is 0 Å². The minimum atomic E-state index is -2.53. The minimum absolute atomic E-state index is 0.0228. The van der Waals surface area contributed by atoms with E-state index in [1.165, 1.54) is 15.3 Å². The summed E-state index contributed by atoms with van der Waals surface area (Å²) < 4.78 is 13.7. The molecule has 198 valence electrons. The summed E-state index contributed by atoms with van der Waals surface area (Å²) in [5, 5.41) is 12.5. The molecule has 3 nitrogen and oxygen atoms in total. The predicted molar refractivity (Wildman–Crippen MR) is 158 cm³/mol. The largest absolute Gasteiger partial charge is 0.407 e. The van der Waals surface area contributed by atoms with Crippen LogP contribution in [-0.4, -0.2) is 38.2 Å². The molecule has 0 bridgehead atoms. The van der Waals surface area contributed by atoms with Gasteiger partial charge in [0.05, 0.1) is 6.10 Å². The first-order valence-electron chi connectivity index (χ1n) is 13.6. The van der Waals surface area contributed by atoms with Crippen LogP contribution in [0, 0.1) is 11.8 Å². The molecule has 0 spiro atoms. The molecule has 4 rings (SSSR count). The first-order chi connectivity index (χ1) is 17.8. The van der Waals surface area contributed by atoms with Crippen molar-refractivity contribution in [1.29, 1.82) is 0 Å². The summed E-state index contributed by atoms with van der Waals surface area (Å²) in [6.45, 7) is 9.97. The van der Waals surface area contributed by atoms with E-state index in [0.717, 1.165) is 25.9 Å². The maximum Gasteiger partial charge on any atom is 0.261 e. The molecule has 1 saturated heterocycles. The van der Waals surface area contributed by atoms with Crippen LogP contribution in [0.3, 0.4) is 0 Å². The lowest BCUT2D eigenvalue weighted by molar-refractivity contribution is -0.0674. The fourth-order valence-electron chi connectivity index (χ4n) is 5.59. The molecule has 1 aliphatic rings. The summed E-state index contributed by atoms with van der Waals surface area (Å²) in [5.74, 6) is 0.617. The number of hydrogen-bond donors (Lipinski definition) is 1. The van der Waals surface area contributed by atoms with E-state index in [9.17, 15) is 5.11 Å². The fourth-order valence-corrected chi connectivity index (χ4v) is 11.4. The van der Waals surface area contributed by atoms with Crippen molar-refractivity contribution in [3.63, 3.8) is 0 Å². The van der Waals surface area contributed by atoms with Crippen LogP contribution in [-0.2, 0) is 9.16 Å². The zero-order valence-corrected chi connectivity index (χ0v) is 24.5. The maximum absolute atomic E-state index is 9.87. The van der Waals surface area contributed by atoms with Crippen molar-refractivity contribution in [3.05, 3.63) is 91.0 Å². The van der Waals surface area contributed by atoms with E-state index in [1.807, 2.05) is 6.07 Å². The summed E-state index contributed by atoms with van der Waals surface area (Å²) >= 11 is 1.80. The SMILES string of the molecule is C[C@H](CO)[C@H]1C[C@@H](CCO[Si](c2ccccc2)(c2ccccc2)C(C)(C)C)C[C@H](Sc2ccccc2)O1. The summed E-state index contributed by atoms with van der Waals surface area (Å²) in [7, 11) is -2.53. The lowest BCUT2D eigenvalue weighted by atomic mass is 9.88. The van der Waals surface area contributed by atoms with Crippen LogP contribution in [0.15, 0.2) is 95.9 Å². The fraction of sp³-hybridized carbons (Fsp3) is 0.438. The topological polar surface area (TPSA) is 38.7 Å². The Kier molecular flexibility index (Phi) is 9.71. The van der Waals surface area contributed by atoms with Gasteiger partial charge in [0.2, 0.25) is 0 Å². The molecule has 1 heterocycles. The Bertz CT molecular complexity index is 1030. The number of aliphatic hydroxyl groups excluding tert-OH is 1. The quantitative estimate of drug-likeness (QED) is 0.302. The summed E-state index contributed by atoms with van der Waals surface area (Å²) in [5.41, 5.74) is 0.0908. The number of benzene rings is 3. The Hall–Kier alpha value is -1.89. The average molecular weight is 535 g/mol. The van der Waals surface area contributed by atoms with Crippen LogP contribution in [0.2, 0.25) is 5.04 Å². The first kappa shape index (κ1) is 28.1. The van der Waals surface area contributed by atoms with E-state index in [2.05, 4.69) is 113 Å². The molecule has 1 N–H and O–H groups in total.